The second-order valence-electron chi connectivity index (χ2n) is 4.97. The van der Waals surface area contributed by atoms with Crippen LogP contribution in [0.15, 0.2) is 30.8 Å². The molecule has 2 nitrogen and oxygen atoms in total. The SMILES string of the molecule is C=C(c1ccc(Cl)cc1)C1CCN(B(C)O)CC1. The molecule has 1 aliphatic rings. The maximum atomic E-state index is 9.54. The molecule has 96 valence electrons. The van der Waals surface area contributed by atoms with Crippen LogP contribution >= 0.6 is 11.6 Å². The van der Waals surface area contributed by atoms with Gasteiger partial charge in [-0.05, 0) is 61.9 Å². The molecule has 0 saturated carbocycles. The van der Waals surface area contributed by atoms with Gasteiger partial charge in [-0.2, -0.15) is 0 Å². The normalized spacial score (nSPS) is 17.7. The van der Waals surface area contributed by atoms with Crippen LogP contribution in [-0.2, 0) is 0 Å². The van der Waals surface area contributed by atoms with Crippen molar-refractivity contribution in [2.24, 2.45) is 5.92 Å². The van der Waals surface area contributed by atoms with Crippen LogP contribution < -0.4 is 0 Å². The van der Waals surface area contributed by atoms with E-state index in [0.29, 0.717) is 5.92 Å². The molecule has 2 rings (SSSR count). The second-order valence-corrected chi connectivity index (χ2v) is 5.41. The van der Waals surface area contributed by atoms with Crippen LogP contribution in [0, 0.1) is 5.92 Å². The highest BCUT2D eigenvalue weighted by molar-refractivity contribution is 6.45. The maximum absolute atomic E-state index is 9.54. The zero-order valence-corrected chi connectivity index (χ0v) is 11.5. The van der Waals surface area contributed by atoms with Crippen molar-refractivity contribution in [3.8, 4) is 0 Å². The van der Waals surface area contributed by atoms with Crippen molar-refractivity contribution in [1.82, 2.24) is 4.81 Å². The predicted octanol–water partition coefficient (Wildman–Crippen LogP) is 3.18. The average molecular weight is 264 g/mol. The second kappa shape index (κ2) is 5.92. The zero-order valence-electron chi connectivity index (χ0n) is 10.8. The van der Waals surface area contributed by atoms with Crippen LogP contribution in [0.4, 0.5) is 0 Å². The summed E-state index contributed by atoms with van der Waals surface area (Å²) in [6, 6.07) is 7.89. The predicted molar refractivity (Wildman–Crippen MR) is 78.6 cm³/mol. The smallest absolute Gasteiger partial charge is 0.376 e. The molecule has 0 aromatic heterocycles. The minimum atomic E-state index is -0.338. The first-order chi connectivity index (χ1) is 8.58. The molecule has 0 atom stereocenters. The summed E-state index contributed by atoms with van der Waals surface area (Å²) in [5, 5.41) is 10.3. The van der Waals surface area contributed by atoms with Crippen molar-refractivity contribution in [3.05, 3.63) is 41.4 Å². The van der Waals surface area contributed by atoms with Gasteiger partial charge in [0.1, 0.15) is 0 Å². The fourth-order valence-corrected chi connectivity index (χ4v) is 2.65. The highest BCUT2D eigenvalue weighted by atomic mass is 35.5. The number of rotatable bonds is 3. The first-order valence-electron chi connectivity index (χ1n) is 6.45. The van der Waals surface area contributed by atoms with Gasteiger partial charge in [0.05, 0.1) is 0 Å². The fourth-order valence-electron chi connectivity index (χ4n) is 2.52. The average Bonchev–Trinajstić information content (AvgIpc) is 2.39. The van der Waals surface area contributed by atoms with Crippen LogP contribution in [-0.4, -0.2) is 30.0 Å². The Hall–Kier alpha value is -0.765. The maximum Gasteiger partial charge on any atom is 0.376 e. The molecule has 0 bridgehead atoms. The van der Waals surface area contributed by atoms with E-state index < -0.39 is 0 Å². The first kappa shape index (κ1) is 13.7. The molecular weight excluding hydrogens is 244 g/mol. The first-order valence-corrected chi connectivity index (χ1v) is 6.82. The summed E-state index contributed by atoms with van der Waals surface area (Å²) < 4.78 is 0. The Morgan fingerprint density at radius 1 is 1.33 bits per heavy atom. The van der Waals surface area contributed by atoms with E-state index in [2.05, 4.69) is 11.4 Å². The molecule has 4 heteroatoms. The van der Waals surface area contributed by atoms with Crippen LogP contribution in [0.3, 0.4) is 0 Å². The Morgan fingerprint density at radius 2 is 1.89 bits per heavy atom. The zero-order chi connectivity index (χ0) is 13.1. The van der Waals surface area contributed by atoms with Gasteiger partial charge < -0.3 is 9.83 Å². The molecule has 1 heterocycles. The van der Waals surface area contributed by atoms with Crippen molar-refractivity contribution in [2.45, 2.75) is 19.7 Å². The quantitative estimate of drug-likeness (QED) is 0.847. The van der Waals surface area contributed by atoms with Crippen molar-refractivity contribution in [3.63, 3.8) is 0 Å². The van der Waals surface area contributed by atoms with Crippen molar-refractivity contribution < 1.29 is 5.02 Å². The van der Waals surface area contributed by atoms with Gasteiger partial charge >= 0.3 is 7.05 Å². The molecule has 0 amide bonds. The summed E-state index contributed by atoms with van der Waals surface area (Å²) in [6.07, 6.45) is 2.12. The third-order valence-electron chi connectivity index (χ3n) is 3.77. The van der Waals surface area contributed by atoms with E-state index in [0.717, 1.165) is 31.0 Å². The van der Waals surface area contributed by atoms with Crippen molar-refractivity contribution in [2.75, 3.05) is 13.1 Å². The van der Waals surface area contributed by atoms with Gasteiger partial charge in [0.25, 0.3) is 0 Å². The van der Waals surface area contributed by atoms with E-state index >= 15 is 0 Å². The summed E-state index contributed by atoms with van der Waals surface area (Å²) in [4.78, 5) is 2.10. The highest BCUT2D eigenvalue weighted by Crippen LogP contribution is 2.31. The lowest BCUT2D eigenvalue weighted by atomic mass is 9.78. The van der Waals surface area contributed by atoms with Gasteiger partial charge in [-0.1, -0.05) is 30.3 Å². The molecule has 0 radical (unpaired) electrons. The molecule has 1 aliphatic heterocycles. The molecule has 1 N–H and O–H groups in total. The molecule has 0 spiro atoms. The molecule has 18 heavy (non-hydrogen) atoms. The Kier molecular flexibility index (Phi) is 4.49. The summed E-state index contributed by atoms with van der Waals surface area (Å²) in [6.45, 7) is 7.93. The molecule has 1 aromatic rings. The van der Waals surface area contributed by atoms with Crippen molar-refractivity contribution >= 4 is 24.2 Å². The van der Waals surface area contributed by atoms with Gasteiger partial charge in [0.2, 0.25) is 0 Å². The minimum Gasteiger partial charge on any atom is -0.437 e. The summed E-state index contributed by atoms with van der Waals surface area (Å²) in [5.74, 6) is 0.515. The standard InChI is InChI=1S/C14H19BClNO/c1-11(12-3-5-14(16)6-4-12)13-7-9-17(10-8-13)15(2)18/h3-6,13,18H,1,7-10H2,2H3. The van der Waals surface area contributed by atoms with E-state index in [1.807, 2.05) is 31.1 Å². The number of hydrogen-bond donors (Lipinski definition) is 1. The van der Waals surface area contributed by atoms with E-state index in [-0.39, 0.29) is 7.05 Å². The topological polar surface area (TPSA) is 23.5 Å². The Morgan fingerprint density at radius 3 is 2.39 bits per heavy atom. The third kappa shape index (κ3) is 3.16. The van der Waals surface area contributed by atoms with E-state index in [1.54, 1.807) is 0 Å². The summed E-state index contributed by atoms with van der Waals surface area (Å²) in [7, 11) is -0.338. The minimum absolute atomic E-state index is 0.338. The Labute approximate surface area is 114 Å². The van der Waals surface area contributed by atoms with E-state index in [1.165, 1.54) is 11.1 Å². The largest absolute Gasteiger partial charge is 0.437 e. The molecule has 0 aliphatic carbocycles. The van der Waals surface area contributed by atoms with Crippen LogP contribution in [0.5, 0.6) is 0 Å². The van der Waals surface area contributed by atoms with Gasteiger partial charge in [0, 0.05) is 5.02 Å². The number of halogens is 1. The van der Waals surface area contributed by atoms with Gasteiger partial charge in [-0.25, -0.2) is 0 Å². The van der Waals surface area contributed by atoms with Gasteiger partial charge in [-0.15, -0.1) is 0 Å². The highest BCUT2D eigenvalue weighted by Gasteiger charge is 2.25. The molecule has 1 saturated heterocycles. The van der Waals surface area contributed by atoms with Crippen LogP contribution in [0.1, 0.15) is 18.4 Å². The number of piperidine rings is 1. The van der Waals surface area contributed by atoms with Crippen LogP contribution in [0.25, 0.3) is 5.57 Å². The fraction of sp³-hybridized carbons (Fsp3) is 0.429. The van der Waals surface area contributed by atoms with E-state index in [4.69, 9.17) is 11.6 Å². The van der Waals surface area contributed by atoms with Crippen molar-refractivity contribution in [1.29, 1.82) is 0 Å². The lowest BCUT2D eigenvalue weighted by molar-refractivity contribution is 0.282. The molecular formula is C14H19BClNO. The van der Waals surface area contributed by atoms with Gasteiger partial charge in [0.15, 0.2) is 0 Å². The number of benzene rings is 1. The molecule has 0 unspecified atom stereocenters. The summed E-state index contributed by atoms with van der Waals surface area (Å²) in [5.41, 5.74) is 2.37. The third-order valence-corrected chi connectivity index (χ3v) is 4.02. The van der Waals surface area contributed by atoms with Crippen LogP contribution in [0.2, 0.25) is 11.8 Å². The lowest BCUT2D eigenvalue weighted by Gasteiger charge is -2.33. The summed E-state index contributed by atoms with van der Waals surface area (Å²) >= 11 is 5.89. The van der Waals surface area contributed by atoms with Gasteiger partial charge in [-0.3, -0.25) is 0 Å². The lowest BCUT2D eigenvalue weighted by Crippen LogP contribution is -2.43. The molecule has 1 aromatic carbocycles. The Balaban J connectivity index is 1.97. The molecule has 1 fully saturated rings. The number of nitrogens with zero attached hydrogens (tertiary/aromatic N) is 1. The number of hydrogen-bond acceptors (Lipinski definition) is 2. The Bertz CT molecular complexity index is 410. The van der Waals surface area contributed by atoms with E-state index in [9.17, 15) is 5.02 Å². The number of allylic oxidation sites excluding steroid dienone is 1. The monoisotopic (exact) mass is 263 g/mol.